The van der Waals surface area contributed by atoms with Crippen molar-refractivity contribution in [3.63, 3.8) is 0 Å². The van der Waals surface area contributed by atoms with Gasteiger partial charge in [0.05, 0.1) is 12.5 Å². The molecular weight excluding hydrogens is 246 g/mol. The van der Waals surface area contributed by atoms with E-state index in [1.807, 2.05) is 11.4 Å². The van der Waals surface area contributed by atoms with Crippen LogP contribution in [0.3, 0.4) is 0 Å². The Hall–Kier alpha value is -0.870. The molecule has 0 spiro atoms. The van der Waals surface area contributed by atoms with Crippen molar-refractivity contribution in [1.82, 2.24) is 0 Å². The number of ether oxygens (including phenoxy) is 1. The van der Waals surface area contributed by atoms with Crippen molar-refractivity contribution in [2.75, 3.05) is 13.2 Å². The summed E-state index contributed by atoms with van der Waals surface area (Å²) in [5, 5.41) is 2.05. The lowest BCUT2D eigenvalue weighted by atomic mass is 9.82. The van der Waals surface area contributed by atoms with Gasteiger partial charge in [-0.15, -0.1) is 11.3 Å². The summed E-state index contributed by atoms with van der Waals surface area (Å²) in [5.41, 5.74) is 5.64. The van der Waals surface area contributed by atoms with Crippen LogP contribution >= 0.6 is 11.3 Å². The molecule has 1 aromatic heterocycles. The molecule has 0 bridgehead atoms. The van der Waals surface area contributed by atoms with Gasteiger partial charge in [-0.05, 0) is 49.6 Å². The SMILES string of the molecule is NCC1CCC(C(=O)OCCc2cccs2)CC1. The molecule has 3 nitrogen and oxygen atoms in total. The zero-order valence-corrected chi connectivity index (χ0v) is 11.5. The highest BCUT2D eigenvalue weighted by Gasteiger charge is 2.26. The molecule has 1 aromatic rings. The Morgan fingerprint density at radius 3 is 2.78 bits per heavy atom. The number of hydrogen-bond acceptors (Lipinski definition) is 4. The van der Waals surface area contributed by atoms with Gasteiger partial charge in [-0.25, -0.2) is 0 Å². The molecule has 0 radical (unpaired) electrons. The molecule has 0 saturated heterocycles. The third-order valence-corrected chi connectivity index (χ3v) is 4.62. The average molecular weight is 267 g/mol. The summed E-state index contributed by atoms with van der Waals surface area (Å²) in [4.78, 5) is 13.1. The van der Waals surface area contributed by atoms with E-state index in [2.05, 4.69) is 6.07 Å². The van der Waals surface area contributed by atoms with Crippen LogP contribution in [0.5, 0.6) is 0 Å². The van der Waals surface area contributed by atoms with E-state index < -0.39 is 0 Å². The van der Waals surface area contributed by atoms with Crippen molar-refractivity contribution in [3.8, 4) is 0 Å². The molecule has 1 heterocycles. The lowest BCUT2D eigenvalue weighted by molar-refractivity contribution is -0.149. The highest BCUT2D eigenvalue weighted by Crippen LogP contribution is 2.28. The monoisotopic (exact) mass is 267 g/mol. The first kappa shape index (κ1) is 13.6. The molecule has 1 aliphatic rings. The maximum atomic E-state index is 11.9. The minimum atomic E-state index is -0.0120. The molecule has 1 fully saturated rings. The van der Waals surface area contributed by atoms with Gasteiger partial charge >= 0.3 is 5.97 Å². The molecular formula is C14H21NO2S. The summed E-state index contributed by atoms with van der Waals surface area (Å²) in [7, 11) is 0. The molecule has 1 aliphatic carbocycles. The molecule has 4 heteroatoms. The van der Waals surface area contributed by atoms with Crippen LogP contribution in [-0.2, 0) is 16.0 Å². The number of carbonyl (C=O) groups is 1. The highest BCUT2D eigenvalue weighted by molar-refractivity contribution is 7.09. The van der Waals surface area contributed by atoms with Crippen LogP contribution in [0.2, 0.25) is 0 Å². The van der Waals surface area contributed by atoms with Gasteiger partial charge < -0.3 is 10.5 Å². The number of rotatable bonds is 5. The van der Waals surface area contributed by atoms with Crippen LogP contribution in [0.15, 0.2) is 17.5 Å². The van der Waals surface area contributed by atoms with Gasteiger partial charge in [-0.2, -0.15) is 0 Å². The molecule has 2 rings (SSSR count). The summed E-state index contributed by atoms with van der Waals surface area (Å²) in [6.07, 6.45) is 4.86. The fourth-order valence-electron chi connectivity index (χ4n) is 2.46. The van der Waals surface area contributed by atoms with Gasteiger partial charge in [0.2, 0.25) is 0 Å². The van der Waals surface area contributed by atoms with Gasteiger partial charge in [0.1, 0.15) is 0 Å². The van der Waals surface area contributed by atoms with E-state index in [9.17, 15) is 4.79 Å². The molecule has 18 heavy (non-hydrogen) atoms. The Labute approximate surface area is 112 Å². The van der Waals surface area contributed by atoms with Gasteiger partial charge in [-0.1, -0.05) is 6.07 Å². The first-order chi connectivity index (χ1) is 8.79. The predicted molar refractivity (Wildman–Crippen MR) is 73.5 cm³/mol. The Bertz CT molecular complexity index is 356. The van der Waals surface area contributed by atoms with Crippen molar-refractivity contribution >= 4 is 17.3 Å². The fourth-order valence-corrected chi connectivity index (χ4v) is 3.15. The van der Waals surface area contributed by atoms with Crippen LogP contribution in [0, 0.1) is 11.8 Å². The van der Waals surface area contributed by atoms with E-state index in [-0.39, 0.29) is 11.9 Å². The van der Waals surface area contributed by atoms with Gasteiger partial charge in [0, 0.05) is 11.3 Å². The average Bonchev–Trinajstić information content (AvgIpc) is 2.92. The Morgan fingerprint density at radius 2 is 2.17 bits per heavy atom. The van der Waals surface area contributed by atoms with Crippen LogP contribution in [0.4, 0.5) is 0 Å². The second-order valence-electron chi connectivity index (χ2n) is 4.95. The number of thiophene rings is 1. The van der Waals surface area contributed by atoms with Crippen molar-refractivity contribution in [1.29, 1.82) is 0 Å². The lowest BCUT2D eigenvalue weighted by Gasteiger charge is -2.26. The minimum Gasteiger partial charge on any atom is -0.465 e. The van der Waals surface area contributed by atoms with Crippen molar-refractivity contribution in [2.24, 2.45) is 17.6 Å². The number of carbonyl (C=O) groups excluding carboxylic acids is 1. The Morgan fingerprint density at radius 1 is 1.39 bits per heavy atom. The van der Waals surface area contributed by atoms with Gasteiger partial charge in [0.25, 0.3) is 0 Å². The van der Waals surface area contributed by atoms with E-state index in [0.29, 0.717) is 12.5 Å². The van der Waals surface area contributed by atoms with E-state index >= 15 is 0 Å². The minimum absolute atomic E-state index is 0.0120. The van der Waals surface area contributed by atoms with Crippen molar-refractivity contribution < 1.29 is 9.53 Å². The summed E-state index contributed by atoms with van der Waals surface area (Å²) in [6, 6.07) is 4.10. The summed E-state index contributed by atoms with van der Waals surface area (Å²) >= 11 is 1.71. The van der Waals surface area contributed by atoms with Gasteiger partial charge in [0.15, 0.2) is 0 Å². The lowest BCUT2D eigenvalue weighted by Crippen LogP contribution is -2.27. The topological polar surface area (TPSA) is 52.3 Å². The van der Waals surface area contributed by atoms with E-state index in [4.69, 9.17) is 10.5 Å². The number of hydrogen-bond donors (Lipinski definition) is 1. The van der Waals surface area contributed by atoms with Crippen LogP contribution < -0.4 is 5.73 Å². The second kappa shape index (κ2) is 6.90. The standard InChI is InChI=1S/C14H21NO2S/c15-10-11-3-5-12(6-4-11)14(16)17-8-7-13-2-1-9-18-13/h1-2,9,11-12H,3-8,10,15H2. The molecule has 0 aromatic carbocycles. The third-order valence-electron chi connectivity index (χ3n) is 3.69. The maximum absolute atomic E-state index is 11.9. The Balaban J connectivity index is 1.66. The quantitative estimate of drug-likeness (QED) is 0.834. The van der Waals surface area contributed by atoms with E-state index in [0.717, 1.165) is 38.6 Å². The normalized spacial score (nSPS) is 23.8. The number of nitrogens with two attached hydrogens (primary N) is 1. The first-order valence-corrected chi connectivity index (χ1v) is 7.56. The van der Waals surface area contributed by atoms with E-state index in [1.54, 1.807) is 11.3 Å². The first-order valence-electron chi connectivity index (χ1n) is 6.68. The largest absolute Gasteiger partial charge is 0.465 e. The van der Waals surface area contributed by atoms with E-state index in [1.165, 1.54) is 4.88 Å². The van der Waals surface area contributed by atoms with Gasteiger partial charge in [-0.3, -0.25) is 4.79 Å². The molecule has 2 N–H and O–H groups in total. The van der Waals surface area contributed by atoms with Crippen LogP contribution in [0.25, 0.3) is 0 Å². The number of esters is 1. The smallest absolute Gasteiger partial charge is 0.308 e. The molecule has 1 saturated carbocycles. The molecule has 0 unspecified atom stereocenters. The molecule has 0 aliphatic heterocycles. The summed E-state index contributed by atoms with van der Waals surface area (Å²) < 4.78 is 5.36. The summed E-state index contributed by atoms with van der Waals surface area (Å²) in [6.45, 7) is 1.26. The van der Waals surface area contributed by atoms with Crippen molar-refractivity contribution in [2.45, 2.75) is 32.1 Å². The Kier molecular flexibility index (Phi) is 5.20. The van der Waals surface area contributed by atoms with Crippen LogP contribution in [0.1, 0.15) is 30.6 Å². The second-order valence-corrected chi connectivity index (χ2v) is 5.98. The zero-order valence-electron chi connectivity index (χ0n) is 10.6. The third kappa shape index (κ3) is 3.82. The van der Waals surface area contributed by atoms with Crippen molar-refractivity contribution in [3.05, 3.63) is 22.4 Å². The molecule has 0 atom stereocenters. The predicted octanol–water partition coefficient (Wildman–Crippen LogP) is 2.60. The highest BCUT2D eigenvalue weighted by atomic mass is 32.1. The molecule has 100 valence electrons. The maximum Gasteiger partial charge on any atom is 0.308 e. The summed E-state index contributed by atoms with van der Waals surface area (Å²) in [5.74, 6) is 0.707. The zero-order chi connectivity index (χ0) is 12.8. The van der Waals surface area contributed by atoms with Crippen LogP contribution in [-0.4, -0.2) is 19.1 Å². The molecule has 0 amide bonds. The fraction of sp³-hybridized carbons (Fsp3) is 0.643.